The maximum atomic E-state index is 9.17. The number of aromatic amines is 5. The lowest BCUT2D eigenvalue weighted by Gasteiger charge is -2.87. The van der Waals surface area contributed by atoms with E-state index in [1.165, 1.54) is 11.3 Å². The lowest BCUT2D eigenvalue weighted by Crippen LogP contribution is -3.00. The molecule has 8 aromatic carbocycles. The number of pyridine rings is 3. The summed E-state index contributed by atoms with van der Waals surface area (Å²) < 4.78 is 34.5. The second-order valence-electron chi connectivity index (χ2n) is 35.2. The lowest BCUT2D eigenvalue weighted by atomic mass is 9.15. The second-order valence-corrected chi connectivity index (χ2v) is 37.3. The van der Waals surface area contributed by atoms with E-state index in [-0.39, 0.29) is 57.5 Å². The van der Waals surface area contributed by atoms with Gasteiger partial charge in [0.05, 0.1) is 103 Å². The molecule has 0 spiro atoms. The standard InChI is InChI=1S/C111H72N22O4S2/c1-7-28-74-68(22-1)44-52-115-99(74)107(94-40-19-58-134-94)103(76-29-17-35-82-98(76)130-132-127-82,86-43-42-69-23-2-8-30-77(69)124-86)106(92-63-71-25-4-10-32-79(71)126-92,95-64-72-26-5-13-36-84(72)137-95)111(90-46-54-122-129-90)110(97-65-73-27-6-14-37-85(73)139-97,108(107,96-41-20-61-138-96)102-119-57-60-135-102)105(88-47-59-136-131-88,91-62-70-24-3-9-31-78(70)125-91)104(87-39-18-51-121-128-87,93-67-112-55-56-114-93)109(89-38-15-16-48-113-89,101-117-49-21-50-118-101)133(111)100-75(45-53-116-100)83-66-120-80-33-11-12-34-81(80)123-83/h1-67,116,125-126H,(H,122,129)(H,127,130,132). The maximum absolute atomic E-state index is 9.17. The third-order valence-electron chi connectivity index (χ3n) is 29.6. The summed E-state index contributed by atoms with van der Waals surface area (Å²) in [4.78, 5) is 78.9. The Bertz CT molecular complexity index is 8830. The lowest BCUT2D eigenvalue weighted by molar-refractivity contribution is -0.192. The van der Waals surface area contributed by atoms with Gasteiger partial charge < -0.3 is 37.6 Å². The molecule has 18 aromatic heterocycles. The number of thiophene rings is 2. The van der Waals surface area contributed by atoms with Crippen molar-refractivity contribution in [1.82, 2.24) is 106 Å². The number of hydrogen-bond donors (Lipinski definition) is 5. The molecule has 1 aliphatic heterocycles. The van der Waals surface area contributed by atoms with Crippen LogP contribution in [0, 0.1) is 0 Å². The molecule has 0 radical (unpaired) electrons. The van der Waals surface area contributed by atoms with Crippen molar-refractivity contribution < 1.29 is 17.8 Å². The Morgan fingerprint density at radius 2 is 1.17 bits per heavy atom. The SMILES string of the molecule is c1ccc(C2(c3ncccn3)N(c3[nH]ccc3-c3cnc4ccccc4n3)C3(c4cc[nH]n4)C(c4cc5ccccc5[nH]4)(c4cc5ccccc5o4)C(c4ccc5ccccc5n4)(c4cccc5[nH]nnc45)C(c4ccco4)(c4nccc5ccccc45)C(c4ncco4)(c4cccs4)C3(c3cc4ccccc4s3)C(c3ccon3)(c3cc4ccccc4[nH]3)C2(c2cnccn2)c2cccnn2)nc1. The fourth-order valence-corrected chi connectivity index (χ4v) is 28.2. The molecule has 9 atom stereocenters. The molecule has 26 nitrogen and oxygen atoms in total. The van der Waals surface area contributed by atoms with E-state index in [9.17, 15) is 4.42 Å². The smallest absolute Gasteiger partial charge is 0.208 e. The van der Waals surface area contributed by atoms with Crippen molar-refractivity contribution in [3.63, 3.8) is 0 Å². The summed E-state index contributed by atoms with van der Waals surface area (Å²) >= 11 is 3.05. The van der Waals surface area contributed by atoms with Gasteiger partial charge in [-0.1, -0.05) is 168 Å². The largest absolute Gasteiger partial charge is 0.468 e. The average Bonchev–Trinajstić information content (AvgIpc) is 1.57. The number of aromatic nitrogens is 21. The number of nitrogens with zero attached hydrogens (tertiary/aromatic N) is 17. The molecule has 5 N–H and O–H groups in total. The number of piperidine rings is 1. The molecule has 28 rings (SSSR count). The summed E-state index contributed by atoms with van der Waals surface area (Å²) in [6, 6.07) is 106. The van der Waals surface area contributed by atoms with E-state index in [1.54, 1.807) is 67.3 Å². The van der Waals surface area contributed by atoms with Crippen LogP contribution in [0.1, 0.15) is 89.8 Å². The molecular weight excluding hydrogens is 1770 g/mol. The van der Waals surface area contributed by atoms with Crippen molar-refractivity contribution in [2.24, 2.45) is 0 Å². The zero-order valence-electron chi connectivity index (χ0n) is 73.2. The van der Waals surface area contributed by atoms with Crippen molar-refractivity contribution in [3.05, 3.63) is 498 Å². The summed E-state index contributed by atoms with van der Waals surface area (Å²) in [5, 5.41) is 49.6. The highest BCUT2D eigenvalue weighted by Crippen LogP contribution is 2.94. The maximum Gasteiger partial charge on any atom is 0.208 e. The topological polar surface area (TPSA) is 341 Å². The molecule has 28 heteroatoms. The minimum Gasteiger partial charge on any atom is -0.468 e. The van der Waals surface area contributed by atoms with Gasteiger partial charge in [-0.05, 0) is 178 Å². The Kier molecular flexibility index (Phi) is 17.2. The van der Waals surface area contributed by atoms with Gasteiger partial charge in [-0.15, -0.1) is 27.8 Å². The predicted molar refractivity (Wildman–Crippen MR) is 528 cm³/mol. The number of oxazole rings is 1. The number of fused-ring (bicyclic) bond motifs is 9. The van der Waals surface area contributed by atoms with Crippen LogP contribution in [0.3, 0.4) is 0 Å². The van der Waals surface area contributed by atoms with E-state index in [1.807, 2.05) is 159 Å². The first-order valence-corrected chi connectivity index (χ1v) is 47.1. The summed E-state index contributed by atoms with van der Waals surface area (Å²) in [6.45, 7) is 0. The Balaban J connectivity index is 1.12. The van der Waals surface area contributed by atoms with Crippen molar-refractivity contribution in [2.75, 3.05) is 4.90 Å². The minimum absolute atomic E-state index is 0.0512. The van der Waals surface area contributed by atoms with Gasteiger partial charge in [0.15, 0.2) is 11.4 Å². The summed E-state index contributed by atoms with van der Waals surface area (Å²) in [5.41, 5.74) is -15.8. The molecular formula is C111H72N22O4S2. The normalized spacial score (nSPS) is 22.6. The van der Waals surface area contributed by atoms with Gasteiger partial charge in [0.25, 0.3) is 0 Å². The van der Waals surface area contributed by atoms with E-state index in [0.717, 1.165) is 31.6 Å². The first-order chi connectivity index (χ1) is 68.9. The number of rotatable bonds is 18. The van der Waals surface area contributed by atoms with E-state index >= 15 is 0 Å². The molecule has 1 saturated carbocycles. The van der Waals surface area contributed by atoms with Crippen LogP contribution in [0.2, 0.25) is 0 Å². The molecule has 1 aliphatic carbocycles. The Morgan fingerprint density at radius 3 is 1.91 bits per heavy atom. The van der Waals surface area contributed by atoms with Gasteiger partial charge in [-0.25, -0.2) is 19.9 Å². The number of nitrogens with one attached hydrogen (secondary N) is 5. The molecule has 2 aliphatic rings. The fraction of sp³-hybridized carbons (Fsp3) is 0.0811. The minimum atomic E-state index is -2.86. The van der Waals surface area contributed by atoms with Crippen LogP contribution in [0.15, 0.2) is 426 Å². The number of anilines is 1. The third-order valence-corrected chi connectivity index (χ3v) is 31.9. The third kappa shape index (κ3) is 9.79. The average molecular weight is 1840 g/mol. The number of benzene rings is 8. The van der Waals surface area contributed by atoms with Gasteiger partial charge >= 0.3 is 0 Å². The first kappa shape index (κ1) is 79.5. The molecule has 26 aromatic rings. The van der Waals surface area contributed by atoms with Crippen molar-refractivity contribution in [3.8, 4) is 11.3 Å². The zero-order valence-corrected chi connectivity index (χ0v) is 74.9. The van der Waals surface area contributed by atoms with Crippen LogP contribution < -0.4 is 4.90 Å². The molecule has 0 amide bonds. The number of H-pyrrole nitrogens is 5. The summed E-state index contributed by atoms with van der Waals surface area (Å²) in [5.74, 6) is 0.913. The van der Waals surface area contributed by atoms with Crippen molar-refractivity contribution >= 4 is 115 Å². The van der Waals surface area contributed by atoms with Crippen LogP contribution in [0.25, 0.3) is 97.9 Å². The molecule has 19 heterocycles. The van der Waals surface area contributed by atoms with Crippen LogP contribution >= 0.6 is 22.7 Å². The Labute approximate surface area is 796 Å². The Hall–Kier alpha value is -18.0. The second kappa shape index (κ2) is 30.0. The molecule has 1 saturated heterocycles. The van der Waals surface area contributed by atoms with Crippen LogP contribution in [-0.2, 0) is 49.0 Å². The highest BCUT2D eigenvalue weighted by Gasteiger charge is 3.05. The van der Waals surface area contributed by atoms with Gasteiger partial charge in [0, 0.05) is 127 Å². The van der Waals surface area contributed by atoms with Gasteiger partial charge in [-0.2, -0.15) is 15.3 Å². The van der Waals surface area contributed by atoms with Gasteiger partial charge in [0.1, 0.15) is 68.2 Å². The molecule has 139 heavy (non-hydrogen) atoms. The number of para-hydroxylation sites is 6. The van der Waals surface area contributed by atoms with Gasteiger partial charge in [0.2, 0.25) is 5.89 Å². The molecule has 662 valence electrons. The monoisotopic (exact) mass is 1840 g/mol. The van der Waals surface area contributed by atoms with Crippen molar-refractivity contribution in [2.45, 2.75) is 49.0 Å². The van der Waals surface area contributed by atoms with Crippen LogP contribution in [0.4, 0.5) is 5.82 Å². The highest BCUT2D eigenvalue weighted by atomic mass is 32.1. The van der Waals surface area contributed by atoms with Gasteiger partial charge in [-0.3, -0.25) is 40.1 Å². The fourth-order valence-electron chi connectivity index (χ4n) is 25.8. The molecule has 2 fully saturated rings. The highest BCUT2D eigenvalue weighted by molar-refractivity contribution is 7.19. The quantitative estimate of drug-likeness (QED) is 0.0533. The van der Waals surface area contributed by atoms with E-state index < -0.39 is 49.0 Å². The van der Waals surface area contributed by atoms with Crippen LogP contribution in [0.5, 0.6) is 0 Å². The predicted octanol–water partition coefficient (Wildman–Crippen LogP) is 21.6. The van der Waals surface area contributed by atoms with Crippen LogP contribution in [-0.4, -0.2) is 106 Å². The molecule has 9 unspecified atom stereocenters. The summed E-state index contributed by atoms with van der Waals surface area (Å²) in [7, 11) is 0. The first-order valence-electron chi connectivity index (χ1n) is 45.4. The Morgan fingerprint density at radius 1 is 0.403 bits per heavy atom. The number of furan rings is 2. The molecule has 0 bridgehead atoms. The number of hydrogen-bond acceptors (Lipinski definition) is 23. The van der Waals surface area contributed by atoms with E-state index in [0.29, 0.717) is 104 Å². The van der Waals surface area contributed by atoms with E-state index in [2.05, 4.69) is 223 Å². The zero-order chi connectivity index (χ0) is 91.8. The van der Waals surface area contributed by atoms with E-state index in [4.69, 9.17) is 94.0 Å². The van der Waals surface area contributed by atoms with Crippen molar-refractivity contribution in [1.29, 1.82) is 0 Å². The summed E-state index contributed by atoms with van der Waals surface area (Å²) in [6.07, 6.45) is 26.7.